The summed E-state index contributed by atoms with van der Waals surface area (Å²) in [6, 6.07) is -0.424. The zero-order chi connectivity index (χ0) is 78.4. The molecule has 0 aromatic rings. The summed E-state index contributed by atoms with van der Waals surface area (Å²) < 4.78 is 115. The van der Waals surface area contributed by atoms with Gasteiger partial charge in [0.2, 0.25) is 0 Å². The first kappa shape index (κ1) is 108. The van der Waals surface area contributed by atoms with Gasteiger partial charge >= 0.3 is 45.2 Å². The molecule has 0 heterocycles. The number of nitrogens with two attached hydrogens (primary N) is 14. The third-order valence-corrected chi connectivity index (χ3v) is 22.3. The maximum absolute atomic E-state index is 6.09. The molecule has 7 atom stereocenters. The van der Waals surface area contributed by atoms with Crippen LogP contribution in [0.25, 0.3) is 0 Å². The Bertz CT molecular complexity index is 1590. The summed E-state index contributed by atoms with van der Waals surface area (Å²) in [6.07, 6.45) is 1.76. The zero-order valence-corrected chi connectivity index (χ0v) is 71.5. The number of hydrogen-bond acceptors (Lipinski definition) is 34. The predicted octanol–water partition coefficient (Wildman–Crippen LogP) is 0.871. The first-order valence-electron chi connectivity index (χ1n) is 35.5. The molecule has 0 radical (unpaired) electrons. The van der Waals surface area contributed by atoms with Crippen LogP contribution in [-0.4, -0.2) is 262 Å². The Kier molecular flexibility index (Phi) is 65.7. The van der Waals surface area contributed by atoms with Crippen LogP contribution in [0.2, 0.25) is 0 Å². The van der Waals surface area contributed by atoms with E-state index in [1.807, 2.05) is 132 Å². The van der Waals surface area contributed by atoms with E-state index < -0.39 is 61.9 Å². The van der Waals surface area contributed by atoms with Crippen molar-refractivity contribution in [1.82, 2.24) is 0 Å². The maximum atomic E-state index is 6.09. The van der Waals surface area contributed by atoms with Crippen LogP contribution in [0.4, 0.5) is 0 Å². The molecule has 0 aromatic heterocycles. The molecule has 0 saturated carbocycles. The van der Waals surface area contributed by atoms with Crippen molar-refractivity contribution in [3.05, 3.63) is 0 Å². The maximum Gasteiger partial charge on any atom is 0.680 e. The smallest absolute Gasteiger partial charge is 0.351 e. The summed E-state index contributed by atoms with van der Waals surface area (Å²) in [5.41, 5.74) is 77.7. The van der Waals surface area contributed by atoms with Crippen molar-refractivity contribution < 1.29 is 88.5 Å². The summed E-state index contributed by atoms with van der Waals surface area (Å²) in [7, 11) is -16.3. The van der Waals surface area contributed by atoms with E-state index in [1.54, 1.807) is 0 Å². The van der Waals surface area contributed by atoms with Gasteiger partial charge in [-0.15, -0.1) is 0 Å². The normalized spacial score (nSPS) is 16.1. The number of hydrogen-bond donors (Lipinski definition) is 14. The van der Waals surface area contributed by atoms with Crippen molar-refractivity contribution in [3.63, 3.8) is 0 Å². The van der Waals surface area contributed by atoms with Crippen molar-refractivity contribution in [2.75, 3.05) is 158 Å². The molecule has 100 heavy (non-hydrogen) atoms. The molecule has 34 nitrogen and oxygen atoms in total. The average molecular weight is 1550 g/mol. The Morgan fingerprint density at radius 2 is 0.530 bits per heavy atom. The van der Waals surface area contributed by atoms with Crippen LogP contribution in [0.3, 0.4) is 0 Å². The molecule has 0 aliphatic rings. The molecule has 0 rings (SSSR count). The fourth-order valence-electron chi connectivity index (χ4n) is 6.03. The third-order valence-electron chi connectivity index (χ3n) is 10.9. The van der Waals surface area contributed by atoms with E-state index in [2.05, 4.69) is 20.8 Å². The lowest BCUT2D eigenvalue weighted by molar-refractivity contribution is -0.0925. The lowest BCUT2D eigenvalue weighted by Gasteiger charge is -2.36. The Balaban J connectivity index is -0.000000379. The minimum atomic E-state index is -3.47. The van der Waals surface area contributed by atoms with E-state index in [0.29, 0.717) is 144 Å². The molecule has 7 unspecified atom stereocenters. The van der Waals surface area contributed by atoms with Gasteiger partial charge in [-0.25, -0.2) is 0 Å². The Hall–Kier alpha value is -0.276. The zero-order valence-electron chi connectivity index (χ0n) is 66.5. The average Bonchev–Trinajstić information content (AvgIpc) is 0.851. The highest BCUT2D eigenvalue weighted by Crippen LogP contribution is 2.25. The fraction of sp³-hybridized carbons (Fsp3) is 1.00. The van der Waals surface area contributed by atoms with Gasteiger partial charge in [0.05, 0.1) is 91.0 Å². The molecule has 0 aliphatic heterocycles. The molecule has 28 N–H and O–H groups in total. The highest BCUT2D eigenvalue weighted by Gasteiger charge is 2.53. The molecule has 0 bridgehead atoms. The van der Waals surface area contributed by atoms with E-state index in [0.717, 1.165) is 19.3 Å². The van der Waals surface area contributed by atoms with Crippen molar-refractivity contribution in [2.45, 2.75) is 231 Å². The van der Waals surface area contributed by atoms with Crippen LogP contribution in [0.15, 0.2) is 0 Å². The Labute approximate surface area is 611 Å². The quantitative estimate of drug-likeness (QED) is 0.0376. The molecule has 0 aliphatic carbocycles. The SMILES string of the molecule is CC(C)(C)CO[Si](OCC(C)(C)N)(OCC(C)(C)N)OCC(C)(C)N.CC(C)CO[Si](OCC(C)N)(OCC(C)N)OCC(C)N.CCC(C)O[Si](OC(C)CN)(OC(C)CN)OC(C)CN.CCCO[Si](OCC)(OCCN)OCCN.CCCO[Si](OCCN)(OCCN)OCCN. The molecule has 0 amide bonds. The van der Waals surface area contributed by atoms with Gasteiger partial charge in [-0.1, -0.05) is 55.4 Å². The lowest BCUT2D eigenvalue weighted by Crippen LogP contribution is -2.58. The summed E-state index contributed by atoms with van der Waals surface area (Å²) in [5, 5.41) is 0. The van der Waals surface area contributed by atoms with E-state index >= 15 is 0 Å². The second-order valence-electron chi connectivity index (χ2n) is 27.9. The first-order chi connectivity index (χ1) is 46.3. The second kappa shape index (κ2) is 60.6. The second-order valence-corrected chi connectivity index (χ2v) is 38.5. The molecule has 0 saturated heterocycles. The molecular formula is C61H156N14O20Si5. The standard InChI is InChI=1S/C17H41N3O4Si.2C13H33N3O4Si.C9H25N3O4Si.C9H24N2O4Si/c1-14(2,3)10-21-25(22-11-15(4,5)18,23-12-16(6,7)19)24-13-17(8,9)20;1-10(2)6-17-21(18-7-11(3)14,19-8-12(4)15)20-9-13(5)16;1-6-10(2)17-21(18-11(3)7-14,19-12(4)8-15)20-13(5)9-16;1-2-6-13-17(14-7-3-10,15-8-4-11)16-9-5-12;1-3-7-13-16(12-4-2,14-8-5-10)15-9-6-11/h10-13,18-20H2,1-9H3;2*10-13H,6-9,14-16H2,1-5H3;2-12H2,1H3;3-11H2,1-2H3. The summed E-state index contributed by atoms with van der Waals surface area (Å²) in [4.78, 5) is 0. The predicted molar refractivity (Wildman–Crippen MR) is 405 cm³/mol. The van der Waals surface area contributed by atoms with E-state index in [1.165, 1.54) is 0 Å². The van der Waals surface area contributed by atoms with Crippen LogP contribution in [0, 0.1) is 11.3 Å². The van der Waals surface area contributed by atoms with Gasteiger partial charge in [0.15, 0.2) is 0 Å². The monoisotopic (exact) mass is 1550 g/mol. The fourth-order valence-corrected chi connectivity index (χ4v) is 18.1. The van der Waals surface area contributed by atoms with Gasteiger partial charge in [-0.3, -0.25) is 0 Å². The van der Waals surface area contributed by atoms with Gasteiger partial charge in [0.1, 0.15) is 0 Å². The van der Waals surface area contributed by atoms with E-state index in [9.17, 15) is 0 Å². The summed E-state index contributed by atoms with van der Waals surface area (Å²) >= 11 is 0. The topological polar surface area (TPSA) is 549 Å². The Morgan fingerprint density at radius 1 is 0.290 bits per heavy atom. The summed E-state index contributed by atoms with van der Waals surface area (Å²) in [6.45, 7) is 51.2. The molecule has 39 heteroatoms. The first-order valence-corrected chi connectivity index (χ1v) is 43.6. The van der Waals surface area contributed by atoms with Crippen molar-refractivity contribution in [2.24, 2.45) is 91.6 Å². The van der Waals surface area contributed by atoms with Crippen molar-refractivity contribution in [3.8, 4) is 0 Å². The van der Waals surface area contributed by atoms with Crippen LogP contribution in [-0.2, 0) is 88.5 Å². The van der Waals surface area contributed by atoms with Gasteiger partial charge in [-0.05, 0) is 128 Å². The third kappa shape index (κ3) is 64.9. The Morgan fingerprint density at radius 3 is 0.750 bits per heavy atom. The van der Waals surface area contributed by atoms with Gasteiger partial charge in [0.25, 0.3) is 0 Å². The van der Waals surface area contributed by atoms with Crippen LogP contribution < -0.4 is 80.3 Å². The molecule has 0 fully saturated rings. The largest absolute Gasteiger partial charge is 0.680 e. The molecular weight excluding hydrogens is 1390 g/mol. The van der Waals surface area contributed by atoms with Crippen molar-refractivity contribution >= 4 is 45.2 Å². The van der Waals surface area contributed by atoms with Gasteiger partial charge < -0.3 is 169 Å². The minimum absolute atomic E-state index is 0.0587. The van der Waals surface area contributed by atoms with Crippen LogP contribution in [0.1, 0.15) is 172 Å². The lowest BCUT2D eigenvalue weighted by atomic mass is 9.99. The van der Waals surface area contributed by atoms with Gasteiger partial charge in [-0.2, -0.15) is 0 Å². The van der Waals surface area contributed by atoms with Crippen LogP contribution >= 0.6 is 0 Å². The molecule has 0 spiro atoms. The van der Waals surface area contributed by atoms with Crippen molar-refractivity contribution in [1.29, 1.82) is 0 Å². The highest BCUT2D eigenvalue weighted by molar-refractivity contribution is 6.55. The van der Waals surface area contributed by atoms with E-state index in [-0.39, 0.29) is 67.8 Å². The number of rotatable bonds is 58. The summed E-state index contributed by atoms with van der Waals surface area (Å²) in [5.74, 6) is 0.327. The molecule has 610 valence electrons. The van der Waals surface area contributed by atoms with Gasteiger partial charge in [0, 0.05) is 126 Å². The highest BCUT2D eigenvalue weighted by atomic mass is 28.4. The van der Waals surface area contributed by atoms with Crippen LogP contribution in [0.5, 0.6) is 0 Å². The van der Waals surface area contributed by atoms with E-state index in [4.69, 9.17) is 169 Å². The molecule has 0 aromatic carbocycles. The minimum Gasteiger partial charge on any atom is -0.351 e.